The molecule has 0 bridgehead atoms. The molecule has 0 saturated carbocycles. The van der Waals surface area contributed by atoms with Crippen molar-refractivity contribution in [3.8, 4) is 5.69 Å². The molecule has 14 heterocycles. The largest absolute Gasteiger partial charge is 0.384 e. The second kappa shape index (κ2) is 44.2. The zero-order chi connectivity index (χ0) is 99.9. The van der Waals surface area contributed by atoms with Crippen LogP contribution < -0.4 is 10.9 Å². The van der Waals surface area contributed by atoms with E-state index in [9.17, 15) is 27.2 Å². The normalized spacial score (nSPS) is 19.6. The van der Waals surface area contributed by atoms with Crippen molar-refractivity contribution in [3.63, 3.8) is 0 Å². The van der Waals surface area contributed by atoms with E-state index >= 15 is 0 Å². The van der Waals surface area contributed by atoms with Crippen molar-refractivity contribution in [2.24, 2.45) is 12.0 Å². The fourth-order valence-electron chi connectivity index (χ4n) is 19.3. The van der Waals surface area contributed by atoms with E-state index in [0.717, 1.165) is 148 Å². The number of piperidine rings is 2. The third kappa shape index (κ3) is 24.4. The number of likely N-dealkylation sites (tertiary alicyclic amines) is 2. The average molecular weight is 1930 g/mol. The van der Waals surface area contributed by atoms with Gasteiger partial charge in [-0.2, -0.15) is 35.7 Å². The lowest BCUT2D eigenvalue weighted by Gasteiger charge is -2.31. The number of hydrogen-bond donors (Lipinski definition) is 1. The quantitative estimate of drug-likeness (QED) is 0.0886. The molecule has 5 saturated heterocycles. The third-order valence-corrected chi connectivity index (χ3v) is 32.4. The van der Waals surface area contributed by atoms with Gasteiger partial charge in [-0.15, -0.1) is 0 Å². The van der Waals surface area contributed by atoms with Crippen molar-refractivity contribution >= 4 is 125 Å². The average Bonchev–Trinajstić information content (AvgIpc) is 1.64. The molecule has 21 rings (SSSR count). The number of amides is 2. The van der Waals surface area contributed by atoms with Gasteiger partial charge in [-0.25, -0.2) is 9.07 Å². The number of aliphatic imine (C=N–C) groups is 1. The Morgan fingerprint density at radius 1 is 0.450 bits per heavy atom. The summed E-state index contributed by atoms with van der Waals surface area (Å²) in [6, 6.07) is 48.2. The van der Waals surface area contributed by atoms with E-state index in [2.05, 4.69) is 307 Å². The van der Waals surface area contributed by atoms with E-state index in [1.807, 2.05) is 69.5 Å². The minimum atomic E-state index is -1.90. The lowest BCUT2D eigenvalue weighted by molar-refractivity contribution is -0.133. The third-order valence-electron chi connectivity index (χ3n) is 28.5. The first-order chi connectivity index (χ1) is 66.8. The van der Waals surface area contributed by atoms with Crippen molar-refractivity contribution in [2.75, 3.05) is 56.2 Å². The summed E-state index contributed by atoms with van der Waals surface area (Å²) >= 11 is 0. The zero-order valence-electron chi connectivity index (χ0n) is 85.4. The molecule has 0 aliphatic carbocycles. The Morgan fingerprint density at radius 2 is 0.843 bits per heavy atom. The number of nitrogens with one attached hydrogen (secondary N) is 1. The molecular weight excluding hydrogens is 1790 g/mol. The number of nitrogens with zero attached hydrogens (tertiary/aromatic N) is 18. The van der Waals surface area contributed by atoms with Crippen LogP contribution in [0, 0.1) is 5.82 Å². The van der Waals surface area contributed by atoms with Crippen LogP contribution in [0.15, 0.2) is 217 Å². The molecule has 2 atom stereocenters. The number of fused-ring (bicyclic) bond motifs is 7. The van der Waals surface area contributed by atoms with E-state index in [1.165, 1.54) is 93.5 Å². The van der Waals surface area contributed by atoms with Gasteiger partial charge in [0.1, 0.15) is 5.82 Å². The van der Waals surface area contributed by atoms with Crippen molar-refractivity contribution in [1.82, 2.24) is 88.1 Å². The number of rotatable bonds is 16. The summed E-state index contributed by atoms with van der Waals surface area (Å²) in [4.78, 5) is 42.8. The van der Waals surface area contributed by atoms with Gasteiger partial charge in [-0.1, -0.05) is 182 Å². The van der Waals surface area contributed by atoms with Crippen LogP contribution in [-0.4, -0.2) is 183 Å². The Morgan fingerprint density at radius 3 is 1.27 bits per heavy atom. The first-order valence-corrected chi connectivity index (χ1v) is 54.3. The highest BCUT2D eigenvalue weighted by Gasteiger charge is 2.30. The molecule has 6 aliphatic heterocycles. The van der Waals surface area contributed by atoms with Gasteiger partial charge in [0.05, 0.1) is 143 Å². The number of aryl methyl sites for hydroxylation is 1. The van der Waals surface area contributed by atoms with Crippen LogP contribution in [0.4, 0.5) is 4.39 Å². The van der Waals surface area contributed by atoms with Crippen LogP contribution >= 0.6 is 0 Å². The Kier molecular flexibility index (Phi) is 32.2. The maximum atomic E-state index is 14.2. The van der Waals surface area contributed by atoms with E-state index < -0.39 is 19.0 Å². The second-order valence-corrected chi connectivity index (χ2v) is 47.0. The van der Waals surface area contributed by atoms with Crippen molar-refractivity contribution in [2.45, 2.75) is 260 Å². The number of pyridine rings is 1. The summed E-state index contributed by atoms with van der Waals surface area (Å²) in [5.41, 5.74) is 21.5. The summed E-state index contributed by atoms with van der Waals surface area (Å²) in [7, 11) is -0.106. The molecule has 8 aromatic heterocycles. The Bertz CT molecular complexity index is 7310. The molecule has 2 amide bonds. The molecule has 27 heteroatoms. The Balaban J connectivity index is 0.000000124. The summed E-state index contributed by atoms with van der Waals surface area (Å²) in [6.45, 7) is 43.3. The number of carbonyl (C=O) groups excluding carboxylic acids is 2. The van der Waals surface area contributed by atoms with Crippen LogP contribution in [0.2, 0.25) is 0 Å². The molecule has 6 aliphatic rings. The number of carbonyl (C=O) groups is 2. The van der Waals surface area contributed by atoms with Gasteiger partial charge < -0.3 is 19.7 Å². The summed E-state index contributed by atoms with van der Waals surface area (Å²) in [6.07, 6.45) is 26.3. The van der Waals surface area contributed by atoms with Crippen molar-refractivity contribution in [3.05, 3.63) is 262 Å². The minimum Gasteiger partial charge on any atom is -0.384 e. The van der Waals surface area contributed by atoms with Gasteiger partial charge in [-0.3, -0.25) is 55.9 Å². The van der Waals surface area contributed by atoms with E-state index in [1.54, 1.807) is 49.1 Å². The maximum Gasteiger partial charge on any atom is 0.250 e. The maximum absolute atomic E-state index is 14.2. The van der Waals surface area contributed by atoms with Crippen molar-refractivity contribution in [1.29, 1.82) is 0 Å². The van der Waals surface area contributed by atoms with Gasteiger partial charge in [0.25, 0.3) is 0 Å². The molecule has 1 N–H and O–H groups in total. The van der Waals surface area contributed by atoms with E-state index in [4.69, 9.17) is 0 Å². The fraction of sp³-hybridized carbons (Fsp3) is 0.442. The summed E-state index contributed by atoms with van der Waals surface area (Å²) in [5.74, 6) is 14.0. The lowest BCUT2D eigenvalue weighted by atomic mass is 10.0. The number of halogens is 1. The molecule has 24 nitrogen and oxygen atoms in total. The Labute approximate surface area is 825 Å². The molecule has 740 valence electrons. The predicted molar refractivity (Wildman–Crippen MR) is 578 cm³/mol. The molecule has 1 unspecified atom stereocenters. The fourth-order valence-corrected chi connectivity index (χ4v) is 22.5. The number of hydrogen-bond acceptors (Lipinski definition) is 14. The topological polar surface area (TPSA) is 246 Å². The highest BCUT2D eigenvalue weighted by atomic mass is 32.2. The zero-order valence-corrected chi connectivity index (χ0v) is 87.0. The van der Waals surface area contributed by atoms with E-state index in [-0.39, 0.29) is 41.2 Å². The van der Waals surface area contributed by atoms with Gasteiger partial charge in [-0.05, 0) is 237 Å². The molecule has 0 radical (unpaired) electrons. The number of benzene rings is 7. The van der Waals surface area contributed by atoms with Gasteiger partial charge in [0, 0.05) is 126 Å². The van der Waals surface area contributed by atoms with Gasteiger partial charge >= 0.3 is 0 Å². The molecule has 15 aromatic rings. The van der Waals surface area contributed by atoms with Gasteiger partial charge in [0.2, 0.25) is 17.4 Å². The number of aromatic nitrogens is 15. The Hall–Kier alpha value is -12.4. The van der Waals surface area contributed by atoms with Gasteiger partial charge in [0.15, 0.2) is 0 Å². The molecular formula is C113H144FN19O5S2. The van der Waals surface area contributed by atoms with Crippen LogP contribution in [0.1, 0.15) is 280 Å². The summed E-state index contributed by atoms with van der Waals surface area (Å²) in [5, 5.41) is 42.7. The SMILES string of the molecule is C=C1CC[C@H](Cn2ncc3ccc(C(C)C)cc32)N1.C=S1(=O)CCC(n2ncc3c(F)cc(C(C)C)cc32)CC1.C=S1(=O)CCC(n2ncc3ccc(C(C)C)cc32)CC1.CC(=O)N1CCC(n2ncc3ccc(C(C)C)cc32)CC1.CC(C)c1ccc2cnn(-c3ccc(=O)n(C)c3)c2c1.CC(C)c1ccc2cnn(C3CCC(=O)N(C)C3)c2c1.CC1=CC(Cn2ncc3ccc(C(C)C)cc32)=NC1. The molecule has 140 heavy (non-hydrogen) atoms. The van der Waals surface area contributed by atoms with Crippen LogP contribution in [0.25, 0.3) is 82.0 Å². The monoisotopic (exact) mass is 1930 g/mol. The lowest BCUT2D eigenvalue weighted by Crippen LogP contribution is -2.38. The molecule has 0 spiro atoms. The van der Waals surface area contributed by atoms with E-state index in [0.29, 0.717) is 76.9 Å². The number of likely N-dealkylation sites (N-methyl/N-ethyl adjacent to an activating group) is 1. The molecule has 7 aromatic carbocycles. The standard InChI is InChI=1S/C17H23N3O.C16H21FN2OS.C16H21N3O.C16H17N3O.C16H21N3.C16H19N3.C16H22N2OS/c1-12(2)14-4-5-15-11-18-20(17(15)10-14)16-6-8-19(9-7-16)13(3)21;1-11(2)12-8-15(17)14-10-18-19(16(14)9-12)13-4-6-21(3,20)7-5-13;2*1-11(2)12-4-5-13-9-17-19(15(13)8-12)14-6-7-16(20)18(3)10-14;1-11(2)13-5-6-14-9-17-19(16(14)8-13)10-15-7-4-12(3)18-15;1-11(2)13-4-5-14-9-18-19(16(14)7-13)10-15-6-12(3)8-17-15;1-12(2)13-4-5-14-11-17-18(16(14)10-13)15-6-8-20(3,19)9-7-15/h4-5,10-12,16H,6-9H2,1-3H3;8-11,13H,3-7H2,1-2H3;4-5,8-9,11,14H,6-7,10H2,1-3H3;4-11H,1-3H3;5-6,8-9,11,15,18H,3-4,7,10H2,1-2H3;4-7,9,11H,8,10H2,1-3H3;4-5,10-12,15H,3,6-9H2,1-2H3/t;;;;15-;;/m....1../s1. The van der Waals surface area contributed by atoms with Crippen LogP contribution in [-0.2, 0) is 48.8 Å². The first-order valence-electron chi connectivity index (χ1n) is 50.2. The smallest absolute Gasteiger partial charge is 0.250 e. The minimum absolute atomic E-state index is 0.0203. The highest BCUT2D eigenvalue weighted by Crippen LogP contribution is 2.37. The second-order valence-electron chi connectivity index (χ2n) is 41.5. The van der Waals surface area contributed by atoms with Crippen LogP contribution in [0.5, 0.6) is 0 Å². The first kappa shape index (κ1) is 102. The number of allylic oxidation sites excluding steroid dienone is 2. The highest BCUT2D eigenvalue weighted by molar-refractivity contribution is 8.00. The predicted octanol–water partition coefficient (Wildman–Crippen LogP) is 22.7. The molecule has 5 fully saturated rings. The van der Waals surface area contributed by atoms with Crippen molar-refractivity contribution < 1.29 is 22.4 Å². The van der Waals surface area contributed by atoms with Crippen LogP contribution in [0.3, 0.4) is 0 Å². The summed E-state index contributed by atoms with van der Waals surface area (Å²) < 4.78 is 54.1.